The highest BCUT2D eigenvalue weighted by Crippen LogP contribution is 2.25. The van der Waals surface area contributed by atoms with E-state index < -0.39 is 31.6 Å². The van der Waals surface area contributed by atoms with Gasteiger partial charge in [0.1, 0.15) is 0 Å². The molecular formula is C9H11N2O6S2-. The first kappa shape index (κ1) is 15.2. The van der Waals surface area contributed by atoms with Crippen LogP contribution >= 0.6 is 0 Å². The molecule has 0 aliphatic rings. The number of nitrogens with one attached hydrogen (secondary N) is 2. The third-order valence-electron chi connectivity index (χ3n) is 1.86. The summed E-state index contributed by atoms with van der Waals surface area (Å²) in [6, 6.07) is 3.66. The number of carboxylic acids is 1. The predicted molar refractivity (Wildman–Crippen MR) is 67.7 cm³/mol. The van der Waals surface area contributed by atoms with E-state index in [9.17, 15) is 26.7 Å². The molecule has 0 spiro atoms. The fourth-order valence-corrected chi connectivity index (χ4v) is 2.48. The van der Waals surface area contributed by atoms with Crippen molar-refractivity contribution >= 4 is 37.4 Å². The van der Waals surface area contributed by atoms with Crippen molar-refractivity contribution in [1.82, 2.24) is 0 Å². The summed E-state index contributed by atoms with van der Waals surface area (Å²) in [6.07, 6.45) is 1.67. The molecule has 0 saturated carbocycles. The highest BCUT2D eigenvalue weighted by Gasteiger charge is 2.14. The van der Waals surface area contributed by atoms with Crippen LogP contribution in [-0.2, 0) is 20.0 Å². The molecule has 0 unspecified atom stereocenters. The van der Waals surface area contributed by atoms with Gasteiger partial charge in [0.05, 0.1) is 29.9 Å². The SMILES string of the molecule is CS(=O)(=O)Nc1cccc(NS(C)(=O)=O)c1C(=O)[O-]. The van der Waals surface area contributed by atoms with Gasteiger partial charge in [-0.1, -0.05) is 6.07 Å². The number of aromatic carboxylic acids is 1. The average molecular weight is 307 g/mol. The number of benzene rings is 1. The quantitative estimate of drug-likeness (QED) is 0.701. The molecule has 10 heteroatoms. The van der Waals surface area contributed by atoms with Crippen molar-refractivity contribution in [1.29, 1.82) is 0 Å². The van der Waals surface area contributed by atoms with Gasteiger partial charge in [-0.3, -0.25) is 9.44 Å². The Bertz CT molecular complexity index is 656. The van der Waals surface area contributed by atoms with Gasteiger partial charge in [-0.15, -0.1) is 0 Å². The number of rotatable bonds is 5. The Labute approximate surface area is 110 Å². The first-order valence-electron chi connectivity index (χ1n) is 4.79. The van der Waals surface area contributed by atoms with Gasteiger partial charge in [-0.25, -0.2) is 16.8 Å². The lowest BCUT2D eigenvalue weighted by Crippen LogP contribution is -2.27. The van der Waals surface area contributed by atoms with Crippen LogP contribution in [-0.4, -0.2) is 35.3 Å². The fraction of sp³-hybridized carbons (Fsp3) is 0.222. The first-order chi connectivity index (χ1) is 8.49. The molecular weight excluding hydrogens is 296 g/mol. The molecule has 0 saturated heterocycles. The summed E-state index contributed by atoms with van der Waals surface area (Å²) in [5.41, 5.74) is -1.15. The summed E-state index contributed by atoms with van der Waals surface area (Å²) in [4.78, 5) is 11.0. The molecule has 0 amide bonds. The Hall–Kier alpha value is -1.81. The van der Waals surface area contributed by atoms with Crippen molar-refractivity contribution in [3.63, 3.8) is 0 Å². The molecule has 0 radical (unpaired) electrons. The number of hydrogen-bond donors (Lipinski definition) is 2. The summed E-state index contributed by atoms with van der Waals surface area (Å²) in [5, 5.41) is 11.0. The average Bonchev–Trinajstić information content (AvgIpc) is 2.11. The maximum Gasteiger partial charge on any atom is 0.229 e. The molecule has 19 heavy (non-hydrogen) atoms. The Morgan fingerprint density at radius 2 is 1.37 bits per heavy atom. The Morgan fingerprint density at radius 3 is 1.63 bits per heavy atom. The number of anilines is 2. The number of carboxylic acid groups (broad SMARTS) is 1. The molecule has 8 nitrogen and oxygen atoms in total. The molecule has 1 rings (SSSR count). The largest absolute Gasteiger partial charge is 0.545 e. The summed E-state index contributed by atoms with van der Waals surface area (Å²) >= 11 is 0. The minimum absolute atomic E-state index is 0.281. The lowest BCUT2D eigenvalue weighted by Gasteiger charge is -2.16. The zero-order chi connectivity index (χ0) is 14.8. The maximum atomic E-state index is 11.1. The van der Waals surface area contributed by atoms with E-state index in [1.165, 1.54) is 18.2 Å². The second-order valence-electron chi connectivity index (χ2n) is 3.76. The smallest absolute Gasteiger partial charge is 0.229 e. The molecule has 0 aliphatic heterocycles. The molecule has 1 aromatic carbocycles. The molecule has 0 bridgehead atoms. The summed E-state index contributed by atoms with van der Waals surface area (Å²) < 4.78 is 48.4. The van der Waals surface area contributed by atoms with E-state index in [0.29, 0.717) is 0 Å². The van der Waals surface area contributed by atoms with Gasteiger partial charge in [0, 0.05) is 5.56 Å². The van der Waals surface area contributed by atoms with Crippen molar-refractivity contribution in [2.24, 2.45) is 0 Å². The third-order valence-corrected chi connectivity index (χ3v) is 3.04. The van der Waals surface area contributed by atoms with Crippen molar-refractivity contribution in [2.45, 2.75) is 0 Å². The summed E-state index contributed by atoms with van der Waals surface area (Å²) in [6.45, 7) is 0. The predicted octanol–water partition coefficient (Wildman–Crippen LogP) is -1.21. The molecule has 1 aromatic rings. The van der Waals surface area contributed by atoms with Gasteiger partial charge in [0.25, 0.3) is 0 Å². The lowest BCUT2D eigenvalue weighted by molar-refractivity contribution is -0.254. The Morgan fingerprint density at radius 1 is 1.00 bits per heavy atom. The van der Waals surface area contributed by atoms with E-state index in [1.54, 1.807) is 0 Å². The highest BCUT2D eigenvalue weighted by molar-refractivity contribution is 7.92. The van der Waals surface area contributed by atoms with E-state index in [1.807, 2.05) is 9.44 Å². The number of sulfonamides is 2. The second kappa shape index (κ2) is 5.05. The van der Waals surface area contributed by atoms with Crippen molar-refractivity contribution in [3.05, 3.63) is 23.8 Å². The van der Waals surface area contributed by atoms with Crippen LogP contribution in [0, 0.1) is 0 Å². The molecule has 0 fully saturated rings. The van der Waals surface area contributed by atoms with E-state index >= 15 is 0 Å². The minimum Gasteiger partial charge on any atom is -0.545 e. The van der Waals surface area contributed by atoms with Crippen LogP contribution in [0.4, 0.5) is 11.4 Å². The Balaban J connectivity index is 3.42. The minimum atomic E-state index is -3.71. The summed E-state index contributed by atoms with van der Waals surface area (Å²) in [7, 11) is -7.42. The normalized spacial score (nSPS) is 11.9. The Kier molecular flexibility index (Phi) is 4.06. The van der Waals surface area contributed by atoms with Crippen molar-refractivity contribution < 1.29 is 26.7 Å². The summed E-state index contributed by atoms with van der Waals surface area (Å²) in [5.74, 6) is -1.71. The van der Waals surface area contributed by atoms with Crippen LogP contribution in [0.2, 0.25) is 0 Å². The van der Waals surface area contributed by atoms with Crippen LogP contribution in [0.3, 0.4) is 0 Å². The standard InChI is InChI=1S/C9H12N2O6S2/c1-18(14,15)10-6-4-3-5-7(8(6)9(12)13)11-19(2,16)17/h3-5,10-11H,1-2H3,(H,12,13)/p-1. The van der Waals surface area contributed by atoms with Gasteiger partial charge < -0.3 is 9.90 Å². The number of hydrogen-bond acceptors (Lipinski definition) is 6. The zero-order valence-corrected chi connectivity index (χ0v) is 11.6. The van der Waals surface area contributed by atoms with E-state index in [-0.39, 0.29) is 11.4 Å². The molecule has 0 heterocycles. The zero-order valence-electron chi connectivity index (χ0n) is 10.00. The van der Waals surface area contributed by atoms with Crippen molar-refractivity contribution in [2.75, 3.05) is 22.0 Å². The fourth-order valence-electron chi connectivity index (χ4n) is 1.34. The maximum absolute atomic E-state index is 11.1. The van der Waals surface area contributed by atoms with Crippen molar-refractivity contribution in [3.8, 4) is 0 Å². The van der Waals surface area contributed by atoms with E-state index in [2.05, 4.69) is 0 Å². The molecule has 106 valence electrons. The lowest BCUT2D eigenvalue weighted by atomic mass is 10.1. The highest BCUT2D eigenvalue weighted by atomic mass is 32.2. The van der Waals surface area contributed by atoms with Crippen LogP contribution in [0.25, 0.3) is 0 Å². The molecule has 2 N–H and O–H groups in total. The number of carbonyl (C=O) groups excluding carboxylic acids is 1. The molecule has 0 aromatic heterocycles. The van der Waals surface area contributed by atoms with Gasteiger partial charge in [0.2, 0.25) is 20.0 Å². The van der Waals surface area contributed by atoms with Crippen LogP contribution in [0.5, 0.6) is 0 Å². The van der Waals surface area contributed by atoms with Crippen LogP contribution < -0.4 is 14.6 Å². The topological polar surface area (TPSA) is 132 Å². The number of carbonyl (C=O) groups is 1. The van der Waals surface area contributed by atoms with Gasteiger partial charge >= 0.3 is 0 Å². The van der Waals surface area contributed by atoms with Crippen LogP contribution in [0.1, 0.15) is 10.4 Å². The molecule has 0 atom stereocenters. The van der Waals surface area contributed by atoms with E-state index in [4.69, 9.17) is 0 Å². The van der Waals surface area contributed by atoms with Gasteiger partial charge in [0.15, 0.2) is 0 Å². The molecule has 0 aliphatic carbocycles. The monoisotopic (exact) mass is 307 g/mol. The third kappa shape index (κ3) is 4.75. The van der Waals surface area contributed by atoms with E-state index in [0.717, 1.165) is 12.5 Å². The second-order valence-corrected chi connectivity index (χ2v) is 7.26. The van der Waals surface area contributed by atoms with Gasteiger partial charge in [-0.05, 0) is 12.1 Å². The first-order valence-corrected chi connectivity index (χ1v) is 8.58. The van der Waals surface area contributed by atoms with Crippen LogP contribution in [0.15, 0.2) is 18.2 Å². The van der Waals surface area contributed by atoms with Gasteiger partial charge in [-0.2, -0.15) is 0 Å².